The third-order valence-corrected chi connectivity index (χ3v) is 0.372. The van der Waals surface area contributed by atoms with Crippen LogP contribution in [0.2, 0.25) is 6.32 Å². The van der Waals surface area contributed by atoms with Gasteiger partial charge < -0.3 is 0 Å². The van der Waals surface area contributed by atoms with E-state index in [9.17, 15) is 0 Å². The number of hydrogen-bond donors (Lipinski definition) is 0. The summed E-state index contributed by atoms with van der Waals surface area (Å²) in [6.07, 6.45) is 1.04. The van der Waals surface area contributed by atoms with Crippen LogP contribution in [0.25, 0.3) is 0 Å². The Morgan fingerprint density at radius 3 is 2.17 bits per heavy atom. The van der Waals surface area contributed by atoms with Crippen LogP contribution in [-0.4, -0.2) is 22.0 Å². The first-order chi connectivity index (χ1) is 2.41. The van der Waals surface area contributed by atoms with Crippen molar-refractivity contribution in [3.63, 3.8) is 0 Å². The zero-order chi connectivity index (χ0) is 4.12. The van der Waals surface area contributed by atoms with Gasteiger partial charge in [-0.3, -0.25) is 0 Å². The Hall–Kier alpha value is 0.857. The molecule has 0 rings (SSSR count). The molecule has 0 spiro atoms. The molecule has 0 saturated carbocycles. The van der Waals surface area contributed by atoms with E-state index in [1.165, 1.54) is 0 Å². The Balaban J connectivity index is 0. The van der Waals surface area contributed by atoms with Crippen molar-refractivity contribution in [3.05, 3.63) is 0 Å². The quantitative estimate of drug-likeness (QED) is 0.595. The van der Waals surface area contributed by atoms with Crippen LogP contribution >= 0.6 is 0 Å². The molecule has 0 saturated heterocycles. The van der Waals surface area contributed by atoms with Crippen LogP contribution < -0.4 is 0 Å². The Kier molecular flexibility index (Phi) is 15.4. The first kappa shape index (κ1) is 9.97. The van der Waals surface area contributed by atoms with Crippen molar-refractivity contribution >= 4 is 22.0 Å². The van der Waals surface area contributed by atoms with Gasteiger partial charge in [0.05, 0.1) is 7.17 Å². The van der Waals surface area contributed by atoms with Crippen LogP contribution in [0.1, 0.15) is 6.92 Å². The van der Waals surface area contributed by atoms with Gasteiger partial charge in [-0.25, -0.2) is 0 Å². The summed E-state index contributed by atoms with van der Waals surface area (Å²) in [4.78, 5) is 0. The molecule has 0 aromatic carbocycles. The van der Waals surface area contributed by atoms with Crippen molar-refractivity contribution in [2.45, 2.75) is 13.2 Å². The van der Waals surface area contributed by atoms with Gasteiger partial charge in [0, 0.05) is 35.2 Å². The third-order valence-electron chi connectivity index (χ3n) is 0.372. The maximum absolute atomic E-state index is 4.96. The van der Waals surface area contributed by atoms with Gasteiger partial charge in [-0.1, -0.05) is 13.2 Å². The van der Waals surface area contributed by atoms with Gasteiger partial charge in [0.15, 0.2) is 0 Å². The van der Waals surface area contributed by atoms with Crippen molar-refractivity contribution in [1.82, 2.24) is 0 Å². The summed E-state index contributed by atoms with van der Waals surface area (Å²) in [6, 6.07) is 0. The van der Waals surface area contributed by atoms with E-state index in [4.69, 9.17) is 7.74 Å². The summed E-state index contributed by atoms with van der Waals surface area (Å²) in [6.45, 7) is 2.04. The molecule has 4 heteroatoms. The van der Waals surface area contributed by atoms with Gasteiger partial charge in [0.25, 0.3) is 0 Å². The molecule has 0 bridgehead atoms. The fourth-order valence-electron chi connectivity index (χ4n) is 0.136. The third kappa shape index (κ3) is 8.85. The molecule has 0 nitrogen and oxygen atoms in total. The fourth-order valence-corrected chi connectivity index (χ4v) is 0.136. The van der Waals surface area contributed by atoms with Crippen LogP contribution in [0, 0.1) is 0 Å². The molecule has 0 aromatic heterocycles. The van der Waals surface area contributed by atoms with E-state index >= 15 is 0 Å². The normalized spacial score (nSPS) is 5.50. The van der Waals surface area contributed by atoms with E-state index in [-0.39, 0.29) is 20.4 Å². The second kappa shape index (κ2) is 9.29. The monoisotopic (exact) mass is 249 g/mol. The van der Waals surface area contributed by atoms with Gasteiger partial charge in [-0.15, -0.1) is 0 Å². The molecule has 0 N–H and O–H groups in total. The summed E-state index contributed by atoms with van der Waals surface area (Å²) in [5.41, 5.74) is 0. The van der Waals surface area contributed by atoms with Crippen LogP contribution in [-0.2, 0) is 20.4 Å². The predicted octanol–water partition coefficient (Wildman–Crippen LogP) is -0.171. The number of rotatable bonds is 2. The average molecular weight is 248 g/mol. The molecular formula is C2H5B3Re. The van der Waals surface area contributed by atoms with E-state index in [0.717, 1.165) is 6.32 Å². The maximum atomic E-state index is 4.96. The molecule has 0 fully saturated rings. The van der Waals surface area contributed by atoms with E-state index in [1.54, 1.807) is 7.06 Å². The Morgan fingerprint density at radius 2 is 2.17 bits per heavy atom. The minimum Gasteiger partial charge on any atom is -0.0923 e. The second-order valence-corrected chi connectivity index (χ2v) is 0.836. The fraction of sp³-hybridized carbons (Fsp3) is 1.00. The molecule has 5 radical (unpaired) electrons. The standard InChI is InChI=1S/C2H5B3.Re/c1-2-4-5-3;/h2H2,1H3;. The SMILES string of the molecule is [B][B][B]CC.[Re]. The Bertz CT molecular complexity index is 16.3. The van der Waals surface area contributed by atoms with Gasteiger partial charge in [0.2, 0.25) is 0 Å². The zero-order valence-corrected chi connectivity index (χ0v) is 6.53. The van der Waals surface area contributed by atoms with Gasteiger partial charge >= 0.3 is 0 Å². The van der Waals surface area contributed by atoms with Crippen molar-refractivity contribution in [2.24, 2.45) is 0 Å². The molecule has 6 heavy (non-hydrogen) atoms. The molecule has 0 atom stereocenters. The van der Waals surface area contributed by atoms with Crippen molar-refractivity contribution in [3.8, 4) is 0 Å². The van der Waals surface area contributed by atoms with Crippen molar-refractivity contribution < 1.29 is 20.4 Å². The van der Waals surface area contributed by atoms with Crippen LogP contribution in [0.3, 0.4) is 0 Å². The molecule has 0 aliphatic heterocycles. The smallest absolute Gasteiger partial charge is 0.0541 e. The Morgan fingerprint density at radius 1 is 1.67 bits per heavy atom. The van der Waals surface area contributed by atoms with Crippen LogP contribution in [0.15, 0.2) is 0 Å². The summed E-state index contributed by atoms with van der Waals surface area (Å²) in [7, 11) is 8.42. The first-order valence-corrected chi connectivity index (χ1v) is 1.78. The van der Waals surface area contributed by atoms with E-state index in [2.05, 4.69) is 0 Å². The van der Waals surface area contributed by atoms with Crippen LogP contribution in [0.4, 0.5) is 0 Å². The van der Waals surface area contributed by atoms with E-state index in [1.807, 2.05) is 14.1 Å². The minimum absolute atomic E-state index is 0. The van der Waals surface area contributed by atoms with Gasteiger partial charge in [0.1, 0.15) is 0 Å². The molecule has 0 aromatic rings. The topological polar surface area (TPSA) is 0 Å². The summed E-state index contributed by atoms with van der Waals surface area (Å²) in [5, 5.41) is 0. The molecule has 0 aliphatic carbocycles. The van der Waals surface area contributed by atoms with E-state index in [0.29, 0.717) is 0 Å². The summed E-state index contributed by atoms with van der Waals surface area (Å²) >= 11 is 0. The average Bonchev–Trinajstić information content (AvgIpc) is 1.41. The first-order valence-electron chi connectivity index (χ1n) is 1.78. The largest absolute Gasteiger partial charge is 0.0923 e. The predicted molar refractivity (Wildman–Crippen MR) is 27.7 cm³/mol. The molecule has 0 amide bonds. The zero-order valence-electron chi connectivity index (χ0n) is 3.82. The molecule has 0 unspecified atom stereocenters. The molecular weight excluding hydrogens is 243 g/mol. The molecule has 29 valence electrons. The van der Waals surface area contributed by atoms with Crippen molar-refractivity contribution in [1.29, 1.82) is 0 Å². The summed E-state index contributed by atoms with van der Waals surface area (Å²) < 4.78 is 0. The second-order valence-electron chi connectivity index (χ2n) is 0.836. The van der Waals surface area contributed by atoms with E-state index < -0.39 is 0 Å². The van der Waals surface area contributed by atoms with Gasteiger partial charge in [-0.05, 0) is 0 Å². The number of hydrogen-bond acceptors (Lipinski definition) is 0. The molecule has 0 aliphatic rings. The van der Waals surface area contributed by atoms with Gasteiger partial charge in [-0.2, -0.15) is 0 Å². The Labute approximate surface area is 56.0 Å². The van der Waals surface area contributed by atoms with Crippen LogP contribution in [0.5, 0.6) is 0 Å². The molecule has 0 heterocycles. The minimum atomic E-state index is 0. The van der Waals surface area contributed by atoms with Crippen molar-refractivity contribution in [2.75, 3.05) is 0 Å². The maximum Gasteiger partial charge on any atom is 0.0541 e. The summed E-state index contributed by atoms with van der Waals surface area (Å²) in [5.74, 6) is 0.